The summed E-state index contributed by atoms with van der Waals surface area (Å²) in [4.78, 5) is 0. The Morgan fingerprint density at radius 2 is 1.89 bits per heavy atom. The van der Waals surface area contributed by atoms with Crippen LogP contribution in [0.25, 0.3) is 0 Å². The summed E-state index contributed by atoms with van der Waals surface area (Å²) in [5, 5.41) is 10.5. The number of nitrogens with one attached hydrogen (secondary N) is 2. The maximum Gasteiger partial charge on any atom is 0.0582 e. The standard InChI is InChI=1S/C17H16N2/c18-13-17-9-4-8-15(12-17)10-5-11-19-14-16-6-2-1-3-7-16/h1-4,6-9,12-13,18-19H,11,14H2. The molecule has 0 aliphatic heterocycles. The van der Waals surface area contributed by atoms with Crippen molar-refractivity contribution in [2.24, 2.45) is 0 Å². The molecule has 2 aromatic carbocycles. The van der Waals surface area contributed by atoms with Crippen molar-refractivity contribution in [1.82, 2.24) is 5.32 Å². The quantitative estimate of drug-likeness (QED) is 0.487. The monoisotopic (exact) mass is 248 g/mol. The number of hydrogen-bond donors (Lipinski definition) is 2. The van der Waals surface area contributed by atoms with Gasteiger partial charge in [0, 0.05) is 18.3 Å². The first kappa shape index (κ1) is 13.1. The molecule has 2 N–H and O–H groups in total. The number of hydrogen-bond acceptors (Lipinski definition) is 2. The van der Waals surface area contributed by atoms with Crippen LogP contribution in [0.1, 0.15) is 16.7 Å². The maximum atomic E-state index is 7.19. The summed E-state index contributed by atoms with van der Waals surface area (Å²) in [6.07, 6.45) is 1.33. The van der Waals surface area contributed by atoms with Gasteiger partial charge in [-0.2, -0.15) is 0 Å². The van der Waals surface area contributed by atoms with Crippen molar-refractivity contribution in [2.45, 2.75) is 6.54 Å². The molecule has 2 aromatic rings. The molecule has 0 spiro atoms. The first-order valence-electron chi connectivity index (χ1n) is 6.22. The lowest BCUT2D eigenvalue weighted by Gasteiger charge is -1.99. The molecule has 0 saturated heterocycles. The molecule has 19 heavy (non-hydrogen) atoms. The van der Waals surface area contributed by atoms with E-state index in [1.807, 2.05) is 42.5 Å². The van der Waals surface area contributed by atoms with Gasteiger partial charge in [0.15, 0.2) is 0 Å². The maximum absolute atomic E-state index is 7.19. The predicted octanol–water partition coefficient (Wildman–Crippen LogP) is 2.83. The van der Waals surface area contributed by atoms with Crippen LogP contribution in [0.5, 0.6) is 0 Å². The molecule has 0 fully saturated rings. The van der Waals surface area contributed by atoms with Crippen LogP contribution >= 0.6 is 0 Å². The molecule has 2 rings (SSSR count). The van der Waals surface area contributed by atoms with Gasteiger partial charge in [0.2, 0.25) is 0 Å². The second-order valence-corrected chi connectivity index (χ2v) is 4.16. The third kappa shape index (κ3) is 4.42. The minimum Gasteiger partial charge on any atom is -0.308 e. The number of rotatable bonds is 4. The topological polar surface area (TPSA) is 35.9 Å². The Morgan fingerprint density at radius 1 is 1.05 bits per heavy atom. The first-order valence-corrected chi connectivity index (χ1v) is 6.22. The van der Waals surface area contributed by atoms with E-state index in [1.165, 1.54) is 11.8 Å². The molecular weight excluding hydrogens is 232 g/mol. The lowest BCUT2D eigenvalue weighted by atomic mass is 10.1. The van der Waals surface area contributed by atoms with Crippen molar-refractivity contribution in [3.05, 3.63) is 71.3 Å². The summed E-state index contributed by atoms with van der Waals surface area (Å²) in [6.45, 7) is 1.49. The second-order valence-electron chi connectivity index (χ2n) is 4.16. The van der Waals surface area contributed by atoms with Crippen molar-refractivity contribution < 1.29 is 0 Å². The van der Waals surface area contributed by atoms with E-state index in [-0.39, 0.29) is 0 Å². The predicted molar refractivity (Wildman–Crippen MR) is 79.4 cm³/mol. The molecule has 0 aliphatic carbocycles. The van der Waals surface area contributed by atoms with E-state index >= 15 is 0 Å². The third-order valence-electron chi connectivity index (χ3n) is 2.67. The van der Waals surface area contributed by atoms with Gasteiger partial charge < -0.3 is 10.7 Å². The molecule has 0 aromatic heterocycles. The van der Waals surface area contributed by atoms with Crippen molar-refractivity contribution in [1.29, 1.82) is 5.41 Å². The van der Waals surface area contributed by atoms with Crippen LogP contribution in [0, 0.1) is 17.3 Å². The van der Waals surface area contributed by atoms with E-state index in [0.29, 0.717) is 6.54 Å². The zero-order chi connectivity index (χ0) is 13.3. The van der Waals surface area contributed by atoms with Crippen LogP contribution in [0.3, 0.4) is 0 Å². The lowest BCUT2D eigenvalue weighted by Crippen LogP contribution is -2.12. The Kier molecular flexibility index (Phi) is 4.92. The van der Waals surface area contributed by atoms with Gasteiger partial charge in [-0.25, -0.2) is 0 Å². The minimum absolute atomic E-state index is 0.656. The van der Waals surface area contributed by atoms with Crippen LogP contribution < -0.4 is 5.32 Å². The summed E-state index contributed by atoms with van der Waals surface area (Å²) < 4.78 is 0. The van der Waals surface area contributed by atoms with E-state index in [1.54, 1.807) is 0 Å². The van der Waals surface area contributed by atoms with Gasteiger partial charge in [-0.1, -0.05) is 54.3 Å². The number of benzene rings is 2. The highest BCUT2D eigenvalue weighted by Crippen LogP contribution is 2.01. The minimum atomic E-state index is 0.656. The normalized spacial score (nSPS) is 9.47. The molecule has 0 heterocycles. The van der Waals surface area contributed by atoms with Crippen LogP contribution in [0.2, 0.25) is 0 Å². The van der Waals surface area contributed by atoms with E-state index < -0.39 is 0 Å². The molecule has 2 heteroatoms. The van der Waals surface area contributed by atoms with Gasteiger partial charge in [-0.3, -0.25) is 0 Å². The van der Waals surface area contributed by atoms with Crippen LogP contribution in [0.15, 0.2) is 54.6 Å². The van der Waals surface area contributed by atoms with Gasteiger partial charge >= 0.3 is 0 Å². The fourth-order valence-corrected chi connectivity index (χ4v) is 1.72. The van der Waals surface area contributed by atoms with Crippen molar-refractivity contribution in [3.63, 3.8) is 0 Å². The molecule has 2 nitrogen and oxygen atoms in total. The molecule has 0 aliphatic rings. The first-order chi connectivity index (χ1) is 9.38. The molecule has 0 radical (unpaired) electrons. The largest absolute Gasteiger partial charge is 0.308 e. The zero-order valence-corrected chi connectivity index (χ0v) is 10.7. The Morgan fingerprint density at radius 3 is 2.68 bits per heavy atom. The van der Waals surface area contributed by atoms with E-state index in [4.69, 9.17) is 5.41 Å². The summed E-state index contributed by atoms with van der Waals surface area (Å²) in [7, 11) is 0. The van der Waals surface area contributed by atoms with E-state index in [2.05, 4.69) is 29.3 Å². The van der Waals surface area contributed by atoms with Crippen LogP contribution in [-0.4, -0.2) is 12.8 Å². The van der Waals surface area contributed by atoms with Crippen LogP contribution in [-0.2, 0) is 6.54 Å². The Hall–Kier alpha value is -2.37. The fraction of sp³-hybridized carbons (Fsp3) is 0.118. The van der Waals surface area contributed by atoms with E-state index in [9.17, 15) is 0 Å². The molecule has 0 amide bonds. The summed E-state index contributed by atoms with van der Waals surface area (Å²) >= 11 is 0. The Labute approximate surface area is 114 Å². The fourth-order valence-electron chi connectivity index (χ4n) is 1.72. The Bertz CT molecular complexity index is 591. The molecule has 0 unspecified atom stereocenters. The molecule has 0 saturated carbocycles. The summed E-state index contributed by atoms with van der Waals surface area (Å²) in [6, 6.07) is 17.9. The van der Waals surface area contributed by atoms with Gasteiger partial charge in [0.25, 0.3) is 0 Å². The Balaban J connectivity index is 1.82. The molecular formula is C17H16N2. The molecule has 0 atom stereocenters. The highest BCUT2D eigenvalue weighted by Gasteiger charge is 1.90. The van der Waals surface area contributed by atoms with Gasteiger partial charge in [0.1, 0.15) is 0 Å². The lowest BCUT2D eigenvalue weighted by molar-refractivity contribution is 0.770. The summed E-state index contributed by atoms with van der Waals surface area (Å²) in [5.74, 6) is 6.18. The summed E-state index contributed by atoms with van der Waals surface area (Å²) in [5.41, 5.74) is 3.08. The van der Waals surface area contributed by atoms with Gasteiger partial charge in [0.05, 0.1) is 6.54 Å². The van der Waals surface area contributed by atoms with E-state index in [0.717, 1.165) is 17.7 Å². The molecule has 94 valence electrons. The van der Waals surface area contributed by atoms with Crippen molar-refractivity contribution in [2.75, 3.05) is 6.54 Å². The highest BCUT2D eigenvalue weighted by atomic mass is 14.8. The van der Waals surface area contributed by atoms with Gasteiger partial charge in [-0.15, -0.1) is 0 Å². The third-order valence-corrected chi connectivity index (χ3v) is 2.67. The average molecular weight is 248 g/mol. The van der Waals surface area contributed by atoms with Crippen molar-refractivity contribution >= 4 is 6.21 Å². The van der Waals surface area contributed by atoms with Crippen molar-refractivity contribution in [3.8, 4) is 11.8 Å². The highest BCUT2D eigenvalue weighted by molar-refractivity contribution is 5.77. The smallest absolute Gasteiger partial charge is 0.0582 e. The molecule has 0 bridgehead atoms. The van der Waals surface area contributed by atoms with Gasteiger partial charge in [-0.05, 0) is 23.3 Å². The second kappa shape index (κ2) is 7.15. The SMILES string of the molecule is N=Cc1cccc(C#CCNCc2ccccc2)c1. The zero-order valence-electron chi connectivity index (χ0n) is 10.7. The van der Waals surface area contributed by atoms with Crippen LogP contribution in [0.4, 0.5) is 0 Å². The average Bonchev–Trinajstić information content (AvgIpc) is 2.48.